The molecule has 1 amide bonds. The summed E-state index contributed by atoms with van der Waals surface area (Å²) in [7, 11) is 0. The Morgan fingerprint density at radius 3 is 1.81 bits per heavy atom. The van der Waals surface area contributed by atoms with Gasteiger partial charge in [-0.1, -0.05) is 6.58 Å². The maximum atomic E-state index is 12.1. The second-order valence-corrected chi connectivity index (χ2v) is 9.36. The quantitative estimate of drug-likeness (QED) is 0.200. The summed E-state index contributed by atoms with van der Waals surface area (Å²) in [5, 5.41) is 9.42. The molecule has 0 spiro atoms. The molecule has 0 aliphatic rings. The van der Waals surface area contributed by atoms with E-state index in [1.165, 1.54) is 0 Å². The third-order valence-corrected chi connectivity index (χ3v) is 3.69. The van der Waals surface area contributed by atoms with E-state index in [9.17, 15) is 9.59 Å². The first-order valence-electron chi connectivity index (χ1n) is 10.7. The highest BCUT2D eigenvalue weighted by molar-refractivity contribution is 5.86. The fourth-order valence-electron chi connectivity index (χ4n) is 2.05. The van der Waals surface area contributed by atoms with E-state index < -0.39 is 12.1 Å². The number of esters is 1. The Morgan fingerprint density at radius 1 is 0.839 bits per heavy atom. The molecular weight excluding hydrogens is 402 g/mol. The maximum absolute atomic E-state index is 12.1. The van der Waals surface area contributed by atoms with E-state index in [1.54, 1.807) is 6.92 Å². The molecule has 0 unspecified atom stereocenters. The summed E-state index contributed by atoms with van der Waals surface area (Å²) in [5.41, 5.74) is 0.223. The Morgan fingerprint density at radius 2 is 1.32 bits per heavy atom. The highest BCUT2D eigenvalue weighted by atomic mass is 16.6. The standard InChI is InChI=1S/C22H43N3O6/c1-17(2)19(26)30-14-13-29-12-11-28-10-9-23-20(27)31-18(15-24-21(3,4)5)16-25-22(6,7)8/h18,24-25H,1,9-16H2,2-8H3,(H,23,27). The number of hydrogen-bond acceptors (Lipinski definition) is 8. The van der Waals surface area contributed by atoms with Gasteiger partial charge in [0.1, 0.15) is 12.7 Å². The Kier molecular flexibility index (Phi) is 14.4. The zero-order valence-corrected chi connectivity index (χ0v) is 20.4. The number of carbonyl (C=O) groups excluding carboxylic acids is 2. The maximum Gasteiger partial charge on any atom is 0.407 e. The number of ether oxygens (including phenoxy) is 4. The van der Waals surface area contributed by atoms with Crippen molar-refractivity contribution in [3.63, 3.8) is 0 Å². The van der Waals surface area contributed by atoms with Crippen molar-refractivity contribution in [1.82, 2.24) is 16.0 Å². The molecule has 0 aliphatic heterocycles. The average Bonchev–Trinajstić information content (AvgIpc) is 2.63. The molecule has 0 aromatic heterocycles. The fourth-order valence-corrected chi connectivity index (χ4v) is 2.05. The van der Waals surface area contributed by atoms with Gasteiger partial charge < -0.3 is 34.9 Å². The molecule has 0 aromatic rings. The van der Waals surface area contributed by atoms with Crippen molar-refractivity contribution in [3.8, 4) is 0 Å². The Hall–Kier alpha value is -1.68. The summed E-state index contributed by atoms with van der Waals surface area (Å²) in [6.45, 7) is 20.5. The Labute approximate surface area is 187 Å². The van der Waals surface area contributed by atoms with Gasteiger partial charge in [-0.3, -0.25) is 0 Å². The van der Waals surface area contributed by atoms with E-state index in [0.29, 0.717) is 51.6 Å². The monoisotopic (exact) mass is 445 g/mol. The molecule has 0 saturated heterocycles. The van der Waals surface area contributed by atoms with E-state index >= 15 is 0 Å². The van der Waals surface area contributed by atoms with Crippen molar-refractivity contribution in [2.24, 2.45) is 0 Å². The van der Waals surface area contributed by atoms with Crippen molar-refractivity contribution in [2.45, 2.75) is 65.6 Å². The average molecular weight is 446 g/mol. The molecule has 0 aliphatic carbocycles. The first-order chi connectivity index (χ1) is 14.3. The van der Waals surface area contributed by atoms with Gasteiger partial charge in [0.2, 0.25) is 0 Å². The van der Waals surface area contributed by atoms with E-state index in [2.05, 4.69) is 64.1 Å². The highest BCUT2D eigenvalue weighted by Gasteiger charge is 2.20. The minimum Gasteiger partial charge on any atom is -0.460 e. The molecule has 0 heterocycles. The molecule has 9 heteroatoms. The van der Waals surface area contributed by atoms with Crippen LogP contribution in [0.3, 0.4) is 0 Å². The molecule has 3 N–H and O–H groups in total. The van der Waals surface area contributed by atoms with E-state index in [4.69, 9.17) is 18.9 Å². The number of alkyl carbamates (subject to hydrolysis) is 1. The highest BCUT2D eigenvalue weighted by Crippen LogP contribution is 2.03. The molecule has 182 valence electrons. The minimum absolute atomic E-state index is 0.0675. The van der Waals surface area contributed by atoms with Crippen LogP contribution >= 0.6 is 0 Å². The molecule has 0 rings (SSSR count). The van der Waals surface area contributed by atoms with Crippen LogP contribution in [0.2, 0.25) is 0 Å². The third kappa shape index (κ3) is 20.0. The van der Waals surface area contributed by atoms with Crippen LogP contribution in [0, 0.1) is 0 Å². The van der Waals surface area contributed by atoms with Gasteiger partial charge in [-0.05, 0) is 48.5 Å². The van der Waals surface area contributed by atoms with Crippen LogP contribution in [0.1, 0.15) is 48.5 Å². The lowest BCUT2D eigenvalue weighted by molar-refractivity contribution is -0.140. The van der Waals surface area contributed by atoms with Crippen molar-refractivity contribution in [3.05, 3.63) is 12.2 Å². The van der Waals surface area contributed by atoms with Crippen LogP contribution in [0.4, 0.5) is 4.79 Å². The normalized spacial score (nSPS) is 12.0. The summed E-state index contributed by atoms with van der Waals surface area (Å²) in [6.07, 6.45) is -0.776. The molecule has 31 heavy (non-hydrogen) atoms. The zero-order valence-electron chi connectivity index (χ0n) is 20.4. The van der Waals surface area contributed by atoms with Gasteiger partial charge in [-0.25, -0.2) is 9.59 Å². The first-order valence-corrected chi connectivity index (χ1v) is 10.7. The molecule has 0 radical (unpaired) electrons. The Balaban J connectivity index is 3.93. The predicted molar refractivity (Wildman–Crippen MR) is 121 cm³/mol. The number of carbonyl (C=O) groups is 2. The molecular formula is C22H43N3O6. The van der Waals surface area contributed by atoms with Crippen molar-refractivity contribution < 1.29 is 28.5 Å². The second kappa shape index (κ2) is 15.2. The smallest absolute Gasteiger partial charge is 0.407 e. The molecule has 0 fully saturated rings. The van der Waals surface area contributed by atoms with E-state index in [1.807, 2.05) is 0 Å². The SMILES string of the molecule is C=C(C)C(=O)OCCOCCOCCNC(=O)OC(CNC(C)(C)C)CNC(C)(C)C. The summed E-state index contributed by atoms with van der Waals surface area (Å²) in [4.78, 5) is 23.3. The number of rotatable bonds is 15. The van der Waals surface area contributed by atoms with Gasteiger partial charge >= 0.3 is 12.1 Å². The van der Waals surface area contributed by atoms with Crippen LogP contribution in [0.25, 0.3) is 0 Å². The summed E-state index contributed by atoms with van der Waals surface area (Å²) >= 11 is 0. The summed E-state index contributed by atoms with van der Waals surface area (Å²) in [6, 6.07) is 0. The van der Waals surface area contributed by atoms with Crippen LogP contribution in [-0.2, 0) is 23.7 Å². The molecule has 0 bridgehead atoms. The van der Waals surface area contributed by atoms with Gasteiger partial charge in [-0.2, -0.15) is 0 Å². The first kappa shape index (κ1) is 29.3. The van der Waals surface area contributed by atoms with E-state index in [-0.39, 0.29) is 23.8 Å². The molecule has 9 nitrogen and oxygen atoms in total. The van der Waals surface area contributed by atoms with Crippen LogP contribution in [-0.4, -0.2) is 81.9 Å². The molecule has 0 saturated carbocycles. The fraction of sp³-hybridized carbons (Fsp3) is 0.818. The zero-order chi connectivity index (χ0) is 23.9. The van der Waals surface area contributed by atoms with Crippen molar-refractivity contribution in [2.75, 3.05) is 52.7 Å². The predicted octanol–water partition coefficient (Wildman–Crippen LogP) is 2.01. The lowest BCUT2D eigenvalue weighted by Crippen LogP contribution is -2.49. The second-order valence-electron chi connectivity index (χ2n) is 9.36. The molecule has 0 aromatic carbocycles. The number of nitrogens with one attached hydrogen (secondary N) is 3. The third-order valence-electron chi connectivity index (χ3n) is 3.69. The Bertz CT molecular complexity index is 522. The van der Waals surface area contributed by atoms with Gasteiger partial charge in [-0.15, -0.1) is 0 Å². The number of hydrogen-bond donors (Lipinski definition) is 3. The van der Waals surface area contributed by atoms with Crippen LogP contribution < -0.4 is 16.0 Å². The summed E-state index contributed by atoms with van der Waals surface area (Å²) < 4.78 is 21.1. The summed E-state index contributed by atoms with van der Waals surface area (Å²) in [5.74, 6) is -0.427. The lowest BCUT2D eigenvalue weighted by Gasteiger charge is -2.28. The van der Waals surface area contributed by atoms with Crippen molar-refractivity contribution >= 4 is 12.1 Å². The van der Waals surface area contributed by atoms with Gasteiger partial charge in [0.15, 0.2) is 0 Å². The number of amides is 1. The van der Waals surface area contributed by atoms with Gasteiger partial charge in [0.25, 0.3) is 0 Å². The lowest BCUT2D eigenvalue weighted by atomic mass is 10.1. The van der Waals surface area contributed by atoms with Gasteiger partial charge in [0, 0.05) is 36.3 Å². The van der Waals surface area contributed by atoms with Crippen LogP contribution in [0.15, 0.2) is 12.2 Å². The largest absolute Gasteiger partial charge is 0.460 e. The van der Waals surface area contributed by atoms with Crippen LogP contribution in [0.5, 0.6) is 0 Å². The minimum atomic E-state index is -0.476. The van der Waals surface area contributed by atoms with E-state index in [0.717, 1.165) is 0 Å². The molecule has 0 atom stereocenters. The van der Waals surface area contributed by atoms with Gasteiger partial charge in [0.05, 0.1) is 26.4 Å². The van der Waals surface area contributed by atoms with Crippen molar-refractivity contribution in [1.29, 1.82) is 0 Å². The topological polar surface area (TPSA) is 107 Å².